The number of ether oxygens (including phenoxy) is 2. The van der Waals surface area contributed by atoms with Gasteiger partial charge in [0.05, 0.1) is 6.54 Å². The zero-order chi connectivity index (χ0) is 23.0. The number of nitrogens with zero attached hydrogens (tertiary/aromatic N) is 3. The molecule has 8 nitrogen and oxygen atoms in total. The third-order valence-corrected chi connectivity index (χ3v) is 4.72. The van der Waals surface area contributed by atoms with Crippen molar-refractivity contribution in [1.29, 1.82) is 0 Å². The van der Waals surface area contributed by atoms with Gasteiger partial charge in [-0.25, -0.2) is 4.79 Å². The molecule has 0 saturated carbocycles. The highest BCUT2D eigenvalue weighted by atomic mass is 35.5. The molecule has 0 saturated heterocycles. The van der Waals surface area contributed by atoms with Crippen molar-refractivity contribution in [2.45, 2.75) is 12.9 Å². The van der Waals surface area contributed by atoms with Crippen LogP contribution in [0.25, 0.3) is 11.2 Å². The van der Waals surface area contributed by atoms with Gasteiger partial charge in [0.25, 0.3) is 5.56 Å². The van der Waals surface area contributed by atoms with Crippen LogP contribution in [0.1, 0.15) is 5.56 Å². The normalized spacial score (nSPS) is 11.7. The Morgan fingerprint density at radius 2 is 1.78 bits per heavy atom. The molecule has 1 N–H and O–H groups in total. The molecule has 4 aromatic rings. The Labute approximate surface area is 182 Å². The van der Waals surface area contributed by atoms with E-state index in [0.717, 1.165) is 22.3 Å². The number of imidazole rings is 1. The SMILES string of the molecule is Cn1c(=O)[nH]c2nc(Oc3cccc(OC(F)(F)F)c3)n(Cc3ccc(Cl)cc3)c2c1=O. The van der Waals surface area contributed by atoms with Crippen molar-refractivity contribution in [3.63, 3.8) is 0 Å². The van der Waals surface area contributed by atoms with Gasteiger partial charge in [-0.2, -0.15) is 4.98 Å². The predicted octanol–water partition coefficient (Wildman–Crippen LogP) is 3.82. The summed E-state index contributed by atoms with van der Waals surface area (Å²) in [5.74, 6) is -0.502. The van der Waals surface area contributed by atoms with Gasteiger partial charge in [0, 0.05) is 18.1 Å². The molecule has 0 aliphatic heterocycles. The number of aromatic nitrogens is 4. The number of nitrogens with one attached hydrogen (secondary N) is 1. The lowest BCUT2D eigenvalue weighted by Gasteiger charge is -2.12. The minimum Gasteiger partial charge on any atom is -0.425 e. The smallest absolute Gasteiger partial charge is 0.425 e. The lowest BCUT2D eigenvalue weighted by Crippen LogP contribution is -2.33. The second-order valence-electron chi connectivity index (χ2n) is 6.72. The Morgan fingerprint density at radius 1 is 1.09 bits per heavy atom. The Hall–Kier alpha value is -3.73. The van der Waals surface area contributed by atoms with Crippen molar-refractivity contribution in [1.82, 2.24) is 19.1 Å². The fraction of sp³-hybridized carbons (Fsp3) is 0.150. The van der Waals surface area contributed by atoms with Crippen LogP contribution in [0.15, 0.2) is 58.1 Å². The highest BCUT2D eigenvalue weighted by molar-refractivity contribution is 6.30. The molecule has 0 unspecified atom stereocenters. The van der Waals surface area contributed by atoms with Crippen LogP contribution in [0.2, 0.25) is 5.02 Å². The maximum Gasteiger partial charge on any atom is 0.573 e. The van der Waals surface area contributed by atoms with Crippen molar-refractivity contribution in [3.8, 4) is 17.5 Å². The molecule has 0 aliphatic carbocycles. The standard InChI is InChI=1S/C20H14ClF3N4O4/c1-27-17(29)15-16(25-18(27)30)26-19(28(15)10-11-5-7-12(21)8-6-11)31-13-3-2-4-14(9-13)32-20(22,23)24/h2-9H,10H2,1H3,(H,25,30). The zero-order valence-corrected chi connectivity index (χ0v) is 17.1. The van der Waals surface area contributed by atoms with Crippen LogP contribution in [0.5, 0.6) is 17.5 Å². The van der Waals surface area contributed by atoms with E-state index in [1.54, 1.807) is 24.3 Å². The second-order valence-corrected chi connectivity index (χ2v) is 7.16. The molecule has 2 aromatic carbocycles. The van der Waals surface area contributed by atoms with E-state index >= 15 is 0 Å². The maximum atomic E-state index is 12.8. The minimum absolute atomic E-state index is 0.0152. The lowest BCUT2D eigenvalue weighted by molar-refractivity contribution is -0.274. The van der Waals surface area contributed by atoms with Gasteiger partial charge in [0.2, 0.25) is 0 Å². The van der Waals surface area contributed by atoms with Crippen LogP contribution >= 0.6 is 11.6 Å². The molecule has 12 heteroatoms. The first-order valence-electron chi connectivity index (χ1n) is 9.08. The number of alkyl halides is 3. The Bertz CT molecular complexity index is 1410. The van der Waals surface area contributed by atoms with Gasteiger partial charge in [-0.05, 0) is 29.8 Å². The number of rotatable bonds is 5. The Morgan fingerprint density at radius 3 is 2.47 bits per heavy atom. The Kier molecular flexibility index (Phi) is 5.43. The first-order chi connectivity index (χ1) is 15.1. The maximum absolute atomic E-state index is 12.8. The molecule has 2 heterocycles. The van der Waals surface area contributed by atoms with Crippen molar-refractivity contribution < 1.29 is 22.6 Å². The summed E-state index contributed by atoms with van der Waals surface area (Å²) in [6.07, 6.45) is -4.87. The summed E-state index contributed by atoms with van der Waals surface area (Å²) in [4.78, 5) is 31.4. The van der Waals surface area contributed by atoms with Crippen LogP contribution in [0, 0.1) is 0 Å². The number of H-pyrrole nitrogens is 1. The molecular formula is C20H14ClF3N4O4. The predicted molar refractivity (Wildman–Crippen MR) is 109 cm³/mol. The van der Waals surface area contributed by atoms with E-state index in [2.05, 4.69) is 14.7 Å². The summed E-state index contributed by atoms with van der Waals surface area (Å²) in [5, 5.41) is 0.516. The number of aromatic amines is 1. The first kappa shape index (κ1) is 21.5. The summed E-state index contributed by atoms with van der Waals surface area (Å²) in [6.45, 7) is 0.114. The average Bonchev–Trinajstić information content (AvgIpc) is 3.03. The van der Waals surface area contributed by atoms with Crippen molar-refractivity contribution >= 4 is 22.8 Å². The molecule has 0 spiro atoms. The highest BCUT2D eigenvalue weighted by Crippen LogP contribution is 2.30. The summed E-state index contributed by atoms with van der Waals surface area (Å²) in [5.41, 5.74) is -0.523. The third kappa shape index (κ3) is 4.47. The molecule has 0 bridgehead atoms. The van der Waals surface area contributed by atoms with E-state index in [4.69, 9.17) is 16.3 Å². The number of halogens is 4. The fourth-order valence-corrected chi connectivity index (χ4v) is 3.14. The van der Waals surface area contributed by atoms with E-state index in [9.17, 15) is 22.8 Å². The zero-order valence-electron chi connectivity index (χ0n) is 16.3. The average molecular weight is 467 g/mol. The molecule has 2 aromatic heterocycles. The molecule has 166 valence electrons. The fourth-order valence-electron chi connectivity index (χ4n) is 3.01. The molecule has 4 rings (SSSR count). The number of hydrogen-bond donors (Lipinski definition) is 1. The summed E-state index contributed by atoms with van der Waals surface area (Å²) >= 11 is 5.92. The third-order valence-electron chi connectivity index (χ3n) is 4.47. The number of fused-ring (bicyclic) bond motifs is 1. The monoisotopic (exact) mass is 466 g/mol. The van der Waals surface area contributed by atoms with Gasteiger partial charge < -0.3 is 9.47 Å². The van der Waals surface area contributed by atoms with Gasteiger partial charge in [-0.3, -0.25) is 18.9 Å². The molecule has 0 fully saturated rings. The second kappa shape index (κ2) is 8.08. The molecule has 32 heavy (non-hydrogen) atoms. The lowest BCUT2D eigenvalue weighted by atomic mass is 10.2. The minimum atomic E-state index is -4.87. The van der Waals surface area contributed by atoms with Crippen LogP contribution in [-0.2, 0) is 13.6 Å². The number of hydrogen-bond acceptors (Lipinski definition) is 5. The van der Waals surface area contributed by atoms with Crippen molar-refractivity contribution in [2.24, 2.45) is 7.05 Å². The quantitative estimate of drug-likeness (QED) is 0.483. The molecule has 0 atom stereocenters. The van der Waals surface area contributed by atoms with Crippen molar-refractivity contribution in [3.05, 3.63) is 80.0 Å². The van der Waals surface area contributed by atoms with Gasteiger partial charge in [0.15, 0.2) is 11.2 Å². The molecular weight excluding hydrogens is 453 g/mol. The largest absolute Gasteiger partial charge is 0.573 e. The van der Waals surface area contributed by atoms with Crippen molar-refractivity contribution in [2.75, 3.05) is 0 Å². The summed E-state index contributed by atoms with van der Waals surface area (Å²) < 4.78 is 49.5. The van der Waals surface area contributed by atoms with E-state index in [0.29, 0.717) is 5.02 Å². The van der Waals surface area contributed by atoms with Gasteiger partial charge in [-0.15, -0.1) is 13.2 Å². The van der Waals surface area contributed by atoms with Gasteiger partial charge in [-0.1, -0.05) is 29.8 Å². The van der Waals surface area contributed by atoms with Crippen LogP contribution < -0.4 is 20.7 Å². The van der Waals surface area contributed by atoms with Crippen LogP contribution in [-0.4, -0.2) is 25.5 Å². The van der Waals surface area contributed by atoms with E-state index in [1.165, 1.54) is 23.7 Å². The van der Waals surface area contributed by atoms with Gasteiger partial charge in [0.1, 0.15) is 11.5 Å². The number of benzene rings is 2. The van der Waals surface area contributed by atoms with E-state index in [1.807, 2.05) is 0 Å². The summed E-state index contributed by atoms with van der Waals surface area (Å²) in [6, 6.07) is 11.5. The van der Waals surface area contributed by atoms with Crippen LogP contribution in [0.3, 0.4) is 0 Å². The van der Waals surface area contributed by atoms with Crippen LogP contribution in [0.4, 0.5) is 13.2 Å². The summed E-state index contributed by atoms with van der Waals surface area (Å²) in [7, 11) is 1.30. The molecule has 0 radical (unpaired) electrons. The first-order valence-corrected chi connectivity index (χ1v) is 9.46. The molecule has 0 amide bonds. The van der Waals surface area contributed by atoms with Gasteiger partial charge >= 0.3 is 18.1 Å². The molecule has 0 aliphatic rings. The Balaban J connectivity index is 1.81. The van der Waals surface area contributed by atoms with E-state index in [-0.39, 0.29) is 29.5 Å². The van der Waals surface area contributed by atoms with E-state index < -0.39 is 23.4 Å². The highest BCUT2D eigenvalue weighted by Gasteiger charge is 2.31. The topological polar surface area (TPSA) is 91.1 Å².